The number of nitrogens with zero attached hydrogens (tertiary/aromatic N) is 3. The van der Waals surface area contributed by atoms with Crippen LogP contribution < -0.4 is 0 Å². The number of hydrogen-bond donors (Lipinski definition) is 0. The summed E-state index contributed by atoms with van der Waals surface area (Å²) in [6, 6.07) is 4.89. The zero-order valence-electron chi connectivity index (χ0n) is 8.42. The Bertz CT molecular complexity index is 551. The maximum atomic E-state index is 10.6. The SMILES string of the molecule is Cc1cc(-n2cc(Br)cn2)ccc1[N+](=O)[O-]. The average molecular weight is 282 g/mol. The molecule has 1 aromatic heterocycles. The molecule has 0 N–H and O–H groups in total. The molecule has 82 valence electrons. The minimum absolute atomic E-state index is 0.120. The van der Waals surface area contributed by atoms with Crippen molar-refractivity contribution in [2.75, 3.05) is 0 Å². The highest BCUT2D eigenvalue weighted by Gasteiger charge is 2.10. The minimum atomic E-state index is -0.391. The van der Waals surface area contributed by atoms with Crippen molar-refractivity contribution in [1.82, 2.24) is 9.78 Å². The van der Waals surface area contributed by atoms with Crippen molar-refractivity contribution in [3.8, 4) is 5.69 Å². The fraction of sp³-hybridized carbons (Fsp3) is 0.100. The summed E-state index contributed by atoms with van der Waals surface area (Å²) >= 11 is 3.29. The van der Waals surface area contributed by atoms with Gasteiger partial charge in [0.1, 0.15) is 0 Å². The van der Waals surface area contributed by atoms with Crippen LogP contribution in [0.15, 0.2) is 35.1 Å². The second-order valence-electron chi connectivity index (χ2n) is 3.33. The van der Waals surface area contributed by atoms with Gasteiger partial charge in [0.15, 0.2) is 0 Å². The maximum Gasteiger partial charge on any atom is 0.272 e. The van der Waals surface area contributed by atoms with Crippen LogP contribution in [0.4, 0.5) is 5.69 Å². The molecule has 0 atom stereocenters. The molecule has 0 saturated carbocycles. The molecule has 0 spiro atoms. The highest BCUT2D eigenvalue weighted by atomic mass is 79.9. The summed E-state index contributed by atoms with van der Waals surface area (Å²) in [6.45, 7) is 1.71. The van der Waals surface area contributed by atoms with Crippen molar-refractivity contribution in [2.45, 2.75) is 6.92 Å². The Labute approximate surface area is 100.0 Å². The summed E-state index contributed by atoms with van der Waals surface area (Å²) in [6.07, 6.45) is 3.46. The minimum Gasteiger partial charge on any atom is -0.258 e. The molecular weight excluding hydrogens is 274 g/mol. The van der Waals surface area contributed by atoms with E-state index >= 15 is 0 Å². The Kier molecular flexibility index (Phi) is 2.74. The fourth-order valence-electron chi connectivity index (χ4n) is 1.43. The lowest BCUT2D eigenvalue weighted by Gasteiger charge is -2.02. The smallest absolute Gasteiger partial charge is 0.258 e. The normalized spacial score (nSPS) is 10.4. The first kappa shape index (κ1) is 10.8. The molecule has 5 nitrogen and oxygen atoms in total. The number of halogens is 1. The third kappa shape index (κ3) is 1.96. The van der Waals surface area contributed by atoms with Gasteiger partial charge >= 0.3 is 0 Å². The largest absolute Gasteiger partial charge is 0.272 e. The number of benzene rings is 1. The van der Waals surface area contributed by atoms with Crippen LogP contribution in [-0.4, -0.2) is 14.7 Å². The molecule has 0 radical (unpaired) electrons. The lowest BCUT2D eigenvalue weighted by atomic mass is 10.2. The molecule has 0 aliphatic rings. The standard InChI is InChI=1S/C10H8BrN3O2/c1-7-4-9(2-3-10(7)14(15)16)13-6-8(11)5-12-13/h2-6H,1H3. The van der Waals surface area contributed by atoms with Gasteiger partial charge in [0.05, 0.1) is 21.3 Å². The van der Waals surface area contributed by atoms with Crippen LogP contribution in [0.5, 0.6) is 0 Å². The van der Waals surface area contributed by atoms with Crippen molar-refractivity contribution < 1.29 is 4.92 Å². The monoisotopic (exact) mass is 281 g/mol. The Hall–Kier alpha value is -1.69. The summed E-state index contributed by atoms with van der Waals surface area (Å²) in [4.78, 5) is 10.3. The first-order chi connectivity index (χ1) is 7.58. The van der Waals surface area contributed by atoms with Crippen LogP contribution >= 0.6 is 15.9 Å². The van der Waals surface area contributed by atoms with Crippen molar-refractivity contribution in [2.24, 2.45) is 0 Å². The number of nitro benzene ring substituents is 1. The van der Waals surface area contributed by atoms with Gasteiger partial charge in [-0.05, 0) is 35.0 Å². The van der Waals surface area contributed by atoms with Gasteiger partial charge < -0.3 is 0 Å². The highest BCUT2D eigenvalue weighted by molar-refractivity contribution is 9.10. The zero-order valence-corrected chi connectivity index (χ0v) is 10.0. The summed E-state index contributed by atoms with van der Waals surface area (Å²) < 4.78 is 2.52. The van der Waals surface area contributed by atoms with Gasteiger partial charge in [0, 0.05) is 17.8 Å². The predicted octanol–water partition coefficient (Wildman–Crippen LogP) is 2.85. The molecular formula is C10H8BrN3O2. The van der Waals surface area contributed by atoms with Crippen LogP contribution in [0.25, 0.3) is 5.69 Å². The first-order valence-electron chi connectivity index (χ1n) is 4.53. The van der Waals surface area contributed by atoms with Crippen molar-refractivity contribution >= 4 is 21.6 Å². The third-order valence-electron chi connectivity index (χ3n) is 2.19. The fourth-order valence-corrected chi connectivity index (χ4v) is 1.71. The van der Waals surface area contributed by atoms with E-state index in [1.165, 1.54) is 6.07 Å². The highest BCUT2D eigenvalue weighted by Crippen LogP contribution is 2.21. The van der Waals surface area contributed by atoms with E-state index in [2.05, 4.69) is 21.0 Å². The van der Waals surface area contributed by atoms with E-state index in [0.717, 1.165) is 10.2 Å². The molecule has 0 aliphatic heterocycles. The Balaban J connectivity index is 2.45. The van der Waals surface area contributed by atoms with Gasteiger partial charge in [-0.15, -0.1) is 0 Å². The van der Waals surface area contributed by atoms with Gasteiger partial charge in [0.25, 0.3) is 5.69 Å². The van der Waals surface area contributed by atoms with Crippen LogP contribution in [0.1, 0.15) is 5.56 Å². The number of nitro groups is 1. The van der Waals surface area contributed by atoms with Crippen LogP contribution in [0.3, 0.4) is 0 Å². The summed E-state index contributed by atoms with van der Waals surface area (Å²) in [5, 5.41) is 14.8. The quantitative estimate of drug-likeness (QED) is 0.628. The lowest BCUT2D eigenvalue weighted by Crippen LogP contribution is -1.97. The molecule has 0 unspecified atom stereocenters. The molecule has 2 rings (SSSR count). The molecule has 0 amide bonds. The molecule has 2 aromatic rings. The zero-order chi connectivity index (χ0) is 11.7. The number of hydrogen-bond acceptors (Lipinski definition) is 3. The van der Waals surface area contributed by atoms with E-state index in [1.54, 1.807) is 36.1 Å². The summed E-state index contributed by atoms with van der Waals surface area (Å²) in [5.74, 6) is 0. The molecule has 0 fully saturated rings. The Morgan fingerprint density at radius 1 is 1.50 bits per heavy atom. The molecule has 6 heteroatoms. The van der Waals surface area contributed by atoms with Gasteiger partial charge in [-0.25, -0.2) is 4.68 Å². The lowest BCUT2D eigenvalue weighted by molar-refractivity contribution is -0.385. The second kappa shape index (κ2) is 4.05. The molecule has 0 aliphatic carbocycles. The van der Waals surface area contributed by atoms with Crippen LogP contribution in [-0.2, 0) is 0 Å². The Morgan fingerprint density at radius 2 is 2.25 bits per heavy atom. The van der Waals surface area contributed by atoms with E-state index in [4.69, 9.17) is 0 Å². The molecule has 0 bridgehead atoms. The summed E-state index contributed by atoms with van der Waals surface area (Å²) in [7, 11) is 0. The van der Waals surface area contributed by atoms with E-state index in [-0.39, 0.29) is 5.69 Å². The predicted molar refractivity (Wildman–Crippen MR) is 62.7 cm³/mol. The summed E-state index contributed by atoms with van der Waals surface area (Å²) in [5.41, 5.74) is 1.54. The van der Waals surface area contributed by atoms with Gasteiger partial charge in [-0.3, -0.25) is 10.1 Å². The Morgan fingerprint density at radius 3 is 2.75 bits per heavy atom. The van der Waals surface area contributed by atoms with Gasteiger partial charge in [0.2, 0.25) is 0 Å². The van der Waals surface area contributed by atoms with Crippen molar-refractivity contribution in [3.63, 3.8) is 0 Å². The van der Waals surface area contributed by atoms with E-state index in [9.17, 15) is 10.1 Å². The van der Waals surface area contributed by atoms with Gasteiger partial charge in [-0.1, -0.05) is 0 Å². The van der Waals surface area contributed by atoms with Crippen molar-refractivity contribution in [1.29, 1.82) is 0 Å². The average Bonchev–Trinajstić information content (AvgIpc) is 2.64. The van der Waals surface area contributed by atoms with Crippen molar-refractivity contribution in [3.05, 3.63) is 50.7 Å². The second-order valence-corrected chi connectivity index (χ2v) is 4.25. The molecule has 0 saturated heterocycles. The third-order valence-corrected chi connectivity index (χ3v) is 2.60. The molecule has 1 aromatic carbocycles. The maximum absolute atomic E-state index is 10.6. The molecule has 1 heterocycles. The molecule has 16 heavy (non-hydrogen) atoms. The number of rotatable bonds is 2. The van der Waals surface area contributed by atoms with Crippen LogP contribution in [0.2, 0.25) is 0 Å². The van der Waals surface area contributed by atoms with Gasteiger partial charge in [-0.2, -0.15) is 5.10 Å². The van der Waals surface area contributed by atoms with Crippen LogP contribution in [0, 0.1) is 17.0 Å². The number of aromatic nitrogens is 2. The number of aryl methyl sites for hydroxylation is 1. The van der Waals surface area contributed by atoms with E-state index < -0.39 is 4.92 Å². The topological polar surface area (TPSA) is 61.0 Å². The van der Waals surface area contributed by atoms with E-state index in [0.29, 0.717) is 5.56 Å². The first-order valence-corrected chi connectivity index (χ1v) is 5.33. The van der Waals surface area contributed by atoms with E-state index in [1.807, 2.05) is 0 Å².